The van der Waals surface area contributed by atoms with Crippen LogP contribution in [0.1, 0.15) is 26.7 Å². The molecular weight excluding hydrogens is 473 g/mol. The van der Waals surface area contributed by atoms with Gasteiger partial charge in [0.25, 0.3) is 0 Å². The quantitative estimate of drug-likeness (QED) is 0.267. The molecule has 0 bridgehead atoms. The number of benzene rings is 2. The minimum Gasteiger partial charge on any atom is -0.493 e. The van der Waals surface area contributed by atoms with Crippen molar-refractivity contribution in [1.29, 1.82) is 0 Å². The molecule has 0 aliphatic heterocycles. The first-order valence-electron chi connectivity index (χ1n) is 11.4. The zero-order chi connectivity index (χ0) is 25.8. The van der Waals surface area contributed by atoms with Gasteiger partial charge in [-0.2, -0.15) is 0 Å². The van der Waals surface area contributed by atoms with Crippen molar-refractivity contribution in [3.63, 3.8) is 0 Å². The number of halogens is 2. The predicted molar refractivity (Wildman–Crippen MR) is 138 cm³/mol. The highest BCUT2D eigenvalue weighted by molar-refractivity contribution is 6.31. The van der Waals surface area contributed by atoms with Crippen LogP contribution in [0.4, 0.5) is 15.9 Å². The van der Waals surface area contributed by atoms with Gasteiger partial charge in [-0.05, 0) is 58.1 Å². The van der Waals surface area contributed by atoms with E-state index < -0.39 is 5.82 Å². The lowest BCUT2D eigenvalue weighted by Gasteiger charge is -2.26. The number of hydrogen-bond donors (Lipinski definition) is 2. The summed E-state index contributed by atoms with van der Waals surface area (Å²) in [7, 11) is 3.08. The number of hydrogen-bond acceptors (Lipinski definition) is 8. The molecule has 0 saturated carbocycles. The summed E-state index contributed by atoms with van der Waals surface area (Å²) in [4.78, 5) is 21.5. The summed E-state index contributed by atoms with van der Waals surface area (Å²) in [5, 5.41) is 3.91. The minimum atomic E-state index is -0.489. The zero-order valence-corrected chi connectivity index (χ0v) is 21.3. The van der Waals surface area contributed by atoms with Gasteiger partial charge in [0.1, 0.15) is 30.9 Å². The van der Waals surface area contributed by atoms with E-state index in [1.54, 1.807) is 19.2 Å². The summed E-state index contributed by atoms with van der Waals surface area (Å²) in [6.07, 6.45) is 3.76. The Bertz CT molecular complexity index is 1100. The highest BCUT2D eigenvalue weighted by atomic mass is 35.5. The molecule has 8 nitrogen and oxygen atoms in total. The third kappa shape index (κ3) is 8.02. The normalized spacial score (nSPS) is 10.8. The van der Waals surface area contributed by atoms with Crippen molar-refractivity contribution in [1.82, 2.24) is 14.9 Å². The second-order valence-electron chi connectivity index (χ2n) is 7.78. The van der Waals surface area contributed by atoms with E-state index in [1.807, 2.05) is 6.07 Å². The molecular formula is C25H33ClFN5O3. The number of ether oxygens (including phenoxy) is 2. The topological polar surface area (TPSA) is 103 Å². The Morgan fingerprint density at radius 2 is 1.94 bits per heavy atom. The Morgan fingerprint density at radius 1 is 1.17 bits per heavy atom. The summed E-state index contributed by atoms with van der Waals surface area (Å²) in [6.45, 7) is 6.23. The summed E-state index contributed by atoms with van der Waals surface area (Å²) in [6, 6.07) is 8.33. The Hall–Kier alpha value is -3.01. The van der Waals surface area contributed by atoms with Crippen molar-refractivity contribution in [2.45, 2.75) is 32.7 Å². The molecule has 190 valence electrons. The van der Waals surface area contributed by atoms with Crippen molar-refractivity contribution in [2.75, 3.05) is 39.2 Å². The van der Waals surface area contributed by atoms with Crippen LogP contribution < -0.4 is 20.5 Å². The number of carbonyl (C=O) groups is 1. The molecule has 0 spiro atoms. The molecule has 0 aliphatic carbocycles. The lowest BCUT2D eigenvalue weighted by atomic mass is 10.2. The lowest BCUT2D eigenvalue weighted by molar-refractivity contribution is -0.108. The third-order valence-corrected chi connectivity index (χ3v) is 5.53. The highest BCUT2D eigenvalue weighted by Crippen LogP contribution is 2.35. The van der Waals surface area contributed by atoms with Crippen LogP contribution in [0.15, 0.2) is 36.7 Å². The van der Waals surface area contributed by atoms with Crippen LogP contribution in [0, 0.1) is 5.82 Å². The van der Waals surface area contributed by atoms with Crippen LogP contribution in [0.25, 0.3) is 10.9 Å². The average Bonchev–Trinajstić information content (AvgIpc) is 2.86. The number of fused-ring (bicyclic) bond motifs is 1. The van der Waals surface area contributed by atoms with E-state index in [-0.39, 0.29) is 5.02 Å². The molecule has 3 aromatic rings. The Morgan fingerprint density at radius 3 is 2.60 bits per heavy atom. The lowest BCUT2D eigenvalue weighted by Crippen LogP contribution is -2.35. The van der Waals surface area contributed by atoms with Crippen LogP contribution in [-0.4, -0.2) is 61.0 Å². The van der Waals surface area contributed by atoms with Crippen LogP contribution in [0.5, 0.6) is 11.5 Å². The van der Waals surface area contributed by atoms with Crippen molar-refractivity contribution in [3.05, 3.63) is 47.5 Å². The van der Waals surface area contributed by atoms with Gasteiger partial charge < -0.3 is 25.3 Å². The monoisotopic (exact) mass is 505 g/mol. The number of nitrogens with two attached hydrogens (primary N) is 1. The van der Waals surface area contributed by atoms with Gasteiger partial charge in [-0.15, -0.1) is 0 Å². The van der Waals surface area contributed by atoms with Gasteiger partial charge in [-0.25, -0.2) is 14.4 Å². The van der Waals surface area contributed by atoms with Crippen molar-refractivity contribution in [3.8, 4) is 11.5 Å². The molecule has 2 aromatic carbocycles. The molecule has 3 rings (SSSR count). The van der Waals surface area contributed by atoms with Crippen molar-refractivity contribution in [2.24, 2.45) is 5.73 Å². The van der Waals surface area contributed by atoms with Crippen molar-refractivity contribution >= 4 is 40.3 Å². The fourth-order valence-electron chi connectivity index (χ4n) is 3.43. The first-order valence-corrected chi connectivity index (χ1v) is 11.7. The van der Waals surface area contributed by atoms with E-state index in [2.05, 4.69) is 39.8 Å². The number of nitrogens with one attached hydrogen (secondary N) is 1. The van der Waals surface area contributed by atoms with Gasteiger partial charge in [0.15, 0.2) is 11.5 Å². The number of anilines is 2. The van der Waals surface area contributed by atoms with Crippen LogP contribution in [-0.2, 0) is 4.79 Å². The van der Waals surface area contributed by atoms with Gasteiger partial charge in [0.05, 0.1) is 17.6 Å². The van der Waals surface area contributed by atoms with Gasteiger partial charge >= 0.3 is 0 Å². The fourth-order valence-corrected chi connectivity index (χ4v) is 3.61. The van der Waals surface area contributed by atoms with Crippen molar-refractivity contribution < 1.29 is 18.7 Å². The van der Waals surface area contributed by atoms with Gasteiger partial charge in [0, 0.05) is 36.1 Å². The SMILES string of the molecule is CN.COc1cc2ncnc(Nc3ccc(F)c(Cl)c3)c2cc1OCCN(CCCC=O)C(C)C. The molecule has 0 atom stereocenters. The Kier molecular flexibility index (Phi) is 11.6. The summed E-state index contributed by atoms with van der Waals surface area (Å²) in [5.41, 5.74) is 5.77. The molecule has 1 aromatic heterocycles. The predicted octanol–water partition coefficient (Wildman–Crippen LogP) is 4.82. The fraction of sp³-hybridized carbons (Fsp3) is 0.400. The molecule has 0 aliphatic rings. The van der Waals surface area contributed by atoms with Gasteiger partial charge in [-0.1, -0.05) is 11.6 Å². The third-order valence-electron chi connectivity index (χ3n) is 5.24. The van der Waals surface area contributed by atoms with Crippen LogP contribution in [0.2, 0.25) is 5.02 Å². The molecule has 10 heteroatoms. The van der Waals surface area contributed by atoms with Gasteiger partial charge in [0.2, 0.25) is 0 Å². The molecule has 0 amide bonds. The van der Waals surface area contributed by atoms with E-state index in [9.17, 15) is 9.18 Å². The summed E-state index contributed by atoms with van der Waals surface area (Å²) >= 11 is 5.90. The number of nitrogens with zero attached hydrogens (tertiary/aromatic N) is 3. The Balaban J connectivity index is 0.00000210. The second kappa shape index (κ2) is 14.4. The maximum Gasteiger partial charge on any atom is 0.162 e. The van der Waals surface area contributed by atoms with E-state index >= 15 is 0 Å². The Labute approximate surface area is 210 Å². The largest absolute Gasteiger partial charge is 0.493 e. The number of aldehydes is 1. The molecule has 0 saturated heterocycles. The van der Waals surface area contributed by atoms with E-state index in [4.69, 9.17) is 21.1 Å². The molecule has 0 unspecified atom stereocenters. The number of unbranched alkanes of at least 4 members (excludes halogenated alkanes) is 1. The van der Waals surface area contributed by atoms with E-state index in [0.717, 1.165) is 24.6 Å². The highest BCUT2D eigenvalue weighted by Gasteiger charge is 2.14. The summed E-state index contributed by atoms with van der Waals surface area (Å²) in [5.74, 6) is 1.18. The first-order chi connectivity index (χ1) is 16.9. The molecule has 1 heterocycles. The standard InChI is InChI=1S/C24H28ClFN4O3.CH5N/c1-16(2)30(8-4-5-10-31)9-11-33-23-13-18-21(14-22(23)32-3)27-15-28-24(18)29-17-6-7-20(26)19(25)12-17;1-2/h6-7,10,12-16H,4-5,8-9,11H2,1-3H3,(H,27,28,29);2H2,1H3. The molecule has 3 N–H and O–H groups in total. The minimum absolute atomic E-state index is 0.0203. The molecule has 35 heavy (non-hydrogen) atoms. The average molecular weight is 506 g/mol. The first kappa shape index (κ1) is 28.2. The number of rotatable bonds is 12. The van der Waals surface area contributed by atoms with E-state index in [0.29, 0.717) is 54.1 Å². The van der Waals surface area contributed by atoms with Crippen LogP contribution in [0.3, 0.4) is 0 Å². The van der Waals surface area contributed by atoms with Crippen LogP contribution >= 0.6 is 11.6 Å². The second-order valence-corrected chi connectivity index (χ2v) is 8.19. The van der Waals surface area contributed by atoms with Gasteiger partial charge in [-0.3, -0.25) is 4.90 Å². The number of carbonyl (C=O) groups excluding carboxylic acids is 1. The number of methoxy groups -OCH3 is 1. The zero-order valence-electron chi connectivity index (χ0n) is 20.6. The van der Waals surface area contributed by atoms with E-state index in [1.165, 1.54) is 25.5 Å². The maximum atomic E-state index is 13.5. The summed E-state index contributed by atoms with van der Waals surface area (Å²) < 4.78 is 25.1. The maximum absolute atomic E-state index is 13.5. The molecule has 0 radical (unpaired) electrons. The molecule has 0 fully saturated rings. The number of aromatic nitrogens is 2. The smallest absolute Gasteiger partial charge is 0.162 e.